The van der Waals surface area contributed by atoms with E-state index in [1.165, 1.54) is 29.5 Å². The van der Waals surface area contributed by atoms with Crippen LogP contribution < -0.4 is 9.46 Å². The number of amides is 1. The van der Waals surface area contributed by atoms with Gasteiger partial charge in [0.15, 0.2) is 0 Å². The second-order valence-corrected chi connectivity index (χ2v) is 10.1. The molecule has 1 amide bonds. The number of carbonyl (C=O) groups is 1. The van der Waals surface area contributed by atoms with Crippen molar-refractivity contribution in [1.82, 2.24) is 4.90 Å². The fourth-order valence-corrected chi connectivity index (χ4v) is 5.66. The smallest absolute Gasteiger partial charge is 0.264 e. The zero-order valence-electron chi connectivity index (χ0n) is 16.8. The molecule has 10 heteroatoms. The van der Waals surface area contributed by atoms with Gasteiger partial charge in [-0.25, -0.2) is 8.42 Å². The highest BCUT2D eigenvalue weighted by Gasteiger charge is 2.21. The van der Waals surface area contributed by atoms with Crippen LogP contribution in [0, 0.1) is 0 Å². The fraction of sp³-hybridized carbons (Fsp3) is 0.286. The van der Waals surface area contributed by atoms with E-state index in [0.717, 1.165) is 10.1 Å². The van der Waals surface area contributed by atoms with Crippen molar-refractivity contribution < 1.29 is 22.7 Å². The second-order valence-electron chi connectivity index (χ2n) is 6.90. The standard InChI is InChI=1S/C21H21ClN2O5S2/c1-2-29-18-5-4-16(13-17(18)22)31(26,27)23-15-3-6-19-14(11-15)12-20(30-19)21(25)24-7-9-28-10-8-24/h3-6,11-13,23H,2,7-10H2,1H3. The summed E-state index contributed by atoms with van der Waals surface area (Å²) in [6, 6.07) is 11.3. The molecular formula is C21H21ClN2O5S2. The molecule has 7 nitrogen and oxygen atoms in total. The van der Waals surface area contributed by atoms with Gasteiger partial charge in [-0.15, -0.1) is 11.3 Å². The number of sulfonamides is 1. The predicted octanol–water partition coefficient (Wildman–Crippen LogP) is 4.23. The molecule has 0 spiro atoms. The van der Waals surface area contributed by atoms with E-state index in [1.54, 1.807) is 29.2 Å². The third-order valence-corrected chi connectivity index (χ3v) is 7.57. The van der Waals surface area contributed by atoms with Crippen LogP contribution in [-0.4, -0.2) is 52.1 Å². The van der Waals surface area contributed by atoms with Crippen LogP contribution in [0.25, 0.3) is 10.1 Å². The van der Waals surface area contributed by atoms with E-state index in [1.807, 2.05) is 6.92 Å². The summed E-state index contributed by atoms with van der Waals surface area (Å²) in [6.07, 6.45) is 0. The lowest BCUT2D eigenvalue weighted by Crippen LogP contribution is -2.40. The van der Waals surface area contributed by atoms with E-state index in [4.69, 9.17) is 21.1 Å². The molecule has 0 aliphatic carbocycles. The van der Waals surface area contributed by atoms with Gasteiger partial charge in [0.25, 0.3) is 15.9 Å². The van der Waals surface area contributed by atoms with Crippen molar-refractivity contribution in [3.63, 3.8) is 0 Å². The van der Waals surface area contributed by atoms with Crippen LogP contribution in [0.1, 0.15) is 16.6 Å². The van der Waals surface area contributed by atoms with Crippen molar-refractivity contribution in [2.45, 2.75) is 11.8 Å². The Morgan fingerprint density at radius 1 is 1.19 bits per heavy atom. The van der Waals surface area contributed by atoms with E-state index >= 15 is 0 Å². The van der Waals surface area contributed by atoms with Gasteiger partial charge in [0.1, 0.15) is 5.75 Å². The Balaban J connectivity index is 1.55. The molecule has 1 aliphatic rings. The topological polar surface area (TPSA) is 84.9 Å². The van der Waals surface area contributed by atoms with Gasteiger partial charge in [-0.1, -0.05) is 11.6 Å². The molecule has 0 unspecified atom stereocenters. The van der Waals surface area contributed by atoms with Gasteiger partial charge in [-0.05, 0) is 54.8 Å². The number of morpholine rings is 1. The molecule has 3 aromatic rings. The largest absolute Gasteiger partial charge is 0.492 e. The normalized spacial score (nSPS) is 14.6. The highest BCUT2D eigenvalue weighted by Crippen LogP contribution is 2.31. The van der Waals surface area contributed by atoms with Crippen LogP contribution in [0.15, 0.2) is 47.4 Å². The van der Waals surface area contributed by atoms with Crippen LogP contribution in [0.5, 0.6) is 5.75 Å². The van der Waals surface area contributed by atoms with Gasteiger partial charge >= 0.3 is 0 Å². The number of benzene rings is 2. The Bertz CT molecular complexity index is 1220. The Hall–Kier alpha value is -2.33. The minimum atomic E-state index is -3.84. The molecule has 0 atom stereocenters. The van der Waals surface area contributed by atoms with E-state index in [-0.39, 0.29) is 15.8 Å². The van der Waals surface area contributed by atoms with Gasteiger partial charge in [-0.2, -0.15) is 0 Å². The second kappa shape index (κ2) is 9.04. The molecule has 4 rings (SSSR count). The lowest BCUT2D eigenvalue weighted by atomic mass is 10.2. The number of fused-ring (bicyclic) bond motifs is 1. The van der Waals surface area contributed by atoms with Gasteiger partial charge in [0, 0.05) is 23.5 Å². The van der Waals surface area contributed by atoms with Crippen LogP contribution in [0.4, 0.5) is 5.69 Å². The molecule has 164 valence electrons. The number of ether oxygens (including phenoxy) is 2. The Morgan fingerprint density at radius 3 is 2.68 bits per heavy atom. The molecule has 1 saturated heterocycles. The van der Waals surface area contributed by atoms with Crippen molar-refractivity contribution in [3.05, 3.63) is 52.4 Å². The monoisotopic (exact) mass is 480 g/mol. The summed E-state index contributed by atoms with van der Waals surface area (Å²) in [6.45, 7) is 4.48. The molecular weight excluding hydrogens is 460 g/mol. The number of carbonyl (C=O) groups excluding carboxylic acids is 1. The van der Waals surface area contributed by atoms with Crippen LogP contribution >= 0.6 is 22.9 Å². The summed E-state index contributed by atoms with van der Waals surface area (Å²) >= 11 is 7.52. The summed E-state index contributed by atoms with van der Waals surface area (Å²) in [5.41, 5.74) is 0.403. The number of nitrogens with zero attached hydrogens (tertiary/aromatic N) is 1. The Labute approximate surface area is 189 Å². The first kappa shape index (κ1) is 21.9. The molecule has 2 heterocycles. The SMILES string of the molecule is CCOc1ccc(S(=O)(=O)Nc2ccc3sc(C(=O)N4CCOCC4)cc3c2)cc1Cl. The number of hydrogen-bond acceptors (Lipinski definition) is 6. The maximum Gasteiger partial charge on any atom is 0.264 e. The number of anilines is 1. The van der Waals surface area contributed by atoms with Crippen LogP contribution in [0.3, 0.4) is 0 Å². The van der Waals surface area contributed by atoms with E-state index in [2.05, 4.69) is 4.72 Å². The third kappa shape index (κ3) is 4.79. The minimum absolute atomic E-state index is 0.0318. The van der Waals surface area contributed by atoms with Gasteiger partial charge in [0.2, 0.25) is 0 Å². The van der Waals surface area contributed by atoms with Crippen molar-refractivity contribution in [1.29, 1.82) is 0 Å². The maximum atomic E-state index is 12.8. The zero-order valence-corrected chi connectivity index (χ0v) is 19.1. The number of thiophene rings is 1. The first-order valence-corrected chi connectivity index (χ1v) is 12.4. The lowest BCUT2D eigenvalue weighted by molar-refractivity contribution is 0.0306. The Morgan fingerprint density at radius 2 is 1.97 bits per heavy atom. The molecule has 1 fully saturated rings. The molecule has 2 aromatic carbocycles. The number of rotatable bonds is 6. The molecule has 0 saturated carbocycles. The summed E-state index contributed by atoms with van der Waals surface area (Å²) in [4.78, 5) is 15.1. The molecule has 1 aliphatic heterocycles. The molecule has 0 radical (unpaired) electrons. The average Bonchev–Trinajstić information content (AvgIpc) is 3.18. The van der Waals surface area contributed by atoms with Crippen molar-refractivity contribution in [2.24, 2.45) is 0 Å². The average molecular weight is 481 g/mol. The summed E-state index contributed by atoms with van der Waals surface area (Å²) in [7, 11) is -3.84. The number of halogens is 1. The van der Waals surface area contributed by atoms with E-state index in [0.29, 0.717) is 49.2 Å². The highest BCUT2D eigenvalue weighted by atomic mass is 35.5. The minimum Gasteiger partial charge on any atom is -0.492 e. The summed E-state index contributed by atoms with van der Waals surface area (Å²) in [5.74, 6) is 0.399. The van der Waals surface area contributed by atoms with Crippen molar-refractivity contribution >= 4 is 54.6 Å². The van der Waals surface area contributed by atoms with Gasteiger partial charge < -0.3 is 14.4 Å². The summed E-state index contributed by atoms with van der Waals surface area (Å²) in [5, 5.41) is 1.02. The van der Waals surface area contributed by atoms with E-state index < -0.39 is 10.0 Å². The van der Waals surface area contributed by atoms with Gasteiger partial charge in [0.05, 0.1) is 34.6 Å². The van der Waals surface area contributed by atoms with Crippen LogP contribution in [-0.2, 0) is 14.8 Å². The maximum absolute atomic E-state index is 12.8. The quantitative estimate of drug-likeness (QED) is 0.570. The van der Waals surface area contributed by atoms with Crippen molar-refractivity contribution in [2.75, 3.05) is 37.6 Å². The highest BCUT2D eigenvalue weighted by molar-refractivity contribution is 7.92. The van der Waals surface area contributed by atoms with E-state index in [9.17, 15) is 13.2 Å². The fourth-order valence-electron chi connectivity index (χ4n) is 3.27. The third-order valence-electron chi connectivity index (χ3n) is 4.79. The van der Waals surface area contributed by atoms with Crippen molar-refractivity contribution in [3.8, 4) is 5.75 Å². The Kier molecular flexibility index (Phi) is 6.38. The molecule has 1 aromatic heterocycles. The summed E-state index contributed by atoms with van der Waals surface area (Å²) < 4.78 is 39.7. The number of hydrogen-bond donors (Lipinski definition) is 1. The number of nitrogens with one attached hydrogen (secondary N) is 1. The predicted molar refractivity (Wildman–Crippen MR) is 122 cm³/mol. The molecule has 1 N–H and O–H groups in total. The first-order valence-electron chi connectivity index (χ1n) is 9.73. The first-order chi connectivity index (χ1) is 14.9. The molecule has 0 bridgehead atoms. The van der Waals surface area contributed by atoms with Gasteiger partial charge in [-0.3, -0.25) is 9.52 Å². The zero-order chi connectivity index (χ0) is 22.0. The van der Waals surface area contributed by atoms with Crippen LogP contribution in [0.2, 0.25) is 5.02 Å². The molecule has 31 heavy (non-hydrogen) atoms. The lowest BCUT2D eigenvalue weighted by Gasteiger charge is -2.26.